The Morgan fingerprint density at radius 3 is 2.61 bits per heavy atom. The molecule has 0 saturated carbocycles. The number of ketones is 1. The molecule has 0 unspecified atom stereocenters. The highest BCUT2D eigenvalue weighted by Crippen LogP contribution is 2.26. The van der Waals surface area contributed by atoms with E-state index >= 15 is 0 Å². The largest absolute Gasteiger partial charge is 0.493 e. The molecular weight excluding hydrogens is 250 g/mol. The summed E-state index contributed by atoms with van der Waals surface area (Å²) in [4.78, 5) is 10.8. The van der Waals surface area contributed by atoms with Gasteiger partial charge < -0.3 is 10.5 Å². The number of rotatable bonds is 5. The molecule has 0 fully saturated rings. The van der Waals surface area contributed by atoms with Gasteiger partial charge in [-0.1, -0.05) is 11.3 Å². The van der Waals surface area contributed by atoms with Crippen LogP contribution < -0.4 is 10.5 Å². The van der Waals surface area contributed by atoms with Crippen molar-refractivity contribution in [3.05, 3.63) is 24.3 Å². The number of carbonyl (C=O) groups excluding carboxylic acids is 1. The molecule has 0 atom stereocenters. The van der Waals surface area contributed by atoms with Gasteiger partial charge >= 0.3 is 0 Å². The summed E-state index contributed by atoms with van der Waals surface area (Å²) >= 11 is 1.34. The Balaban J connectivity index is 1.99. The molecular formula is C12H13N3O2S. The molecule has 94 valence electrons. The summed E-state index contributed by atoms with van der Waals surface area (Å²) in [5.41, 5.74) is 6.48. The van der Waals surface area contributed by atoms with Crippen LogP contribution in [0.1, 0.15) is 13.3 Å². The Bertz CT molecular complexity index is 537. The maximum atomic E-state index is 10.8. The first-order chi connectivity index (χ1) is 8.65. The van der Waals surface area contributed by atoms with Crippen molar-refractivity contribution in [2.24, 2.45) is 0 Å². The Morgan fingerprint density at radius 2 is 2.06 bits per heavy atom. The van der Waals surface area contributed by atoms with Gasteiger partial charge in [0.25, 0.3) is 0 Å². The first-order valence-electron chi connectivity index (χ1n) is 5.47. The number of nitrogens with zero attached hydrogens (tertiary/aromatic N) is 2. The summed E-state index contributed by atoms with van der Waals surface area (Å²) in [6.07, 6.45) is 0.425. The van der Waals surface area contributed by atoms with Crippen LogP contribution in [-0.2, 0) is 4.79 Å². The molecule has 0 amide bonds. The normalized spacial score (nSPS) is 10.3. The molecule has 0 aliphatic rings. The number of nitrogens with two attached hydrogens (primary N) is 1. The first-order valence-corrected chi connectivity index (χ1v) is 6.28. The van der Waals surface area contributed by atoms with Crippen LogP contribution in [0.15, 0.2) is 24.3 Å². The third-order valence-corrected chi connectivity index (χ3v) is 3.07. The molecule has 6 heteroatoms. The molecule has 0 aliphatic heterocycles. The second-order valence-corrected chi connectivity index (χ2v) is 4.78. The van der Waals surface area contributed by atoms with E-state index in [1.165, 1.54) is 11.3 Å². The average molecular weight is 263 g/mol. The lowest BCUT2D eigenvalue weighted by Crippen LogP contribution is -2.02. The number of Topliss-reactive ketones (excluding diaryl/α,β-unsaturated/α-hetero) is 1. The zero-order valence-electron chi connectivity index (χ0n) is 9.92. The molecule has 0 radical (unpaired) electrons. The van der Waals surface area contributed by atoms with Crippen LogP contribution in [0.2, 0.25) is 0 Å². The maximum Gasteiger partial charge on any atom is 0.203 e. The lowest BCUT2D eigenvalue weighted by atomic mass is 10.2. The standard InChI is InChI=1S/C12H13N3O2S/c1-8(16)6-7-17-10-4-2-9(3-5-10)11-14-15-12(13)18-11/h2-5H,6-7H2,1H3,(H2,13,15). The number of aromatic nitrogens is 2. The van der Waals surface area contributed by atoms with Crippen molar-refractivity contribution in [2.45, 2.75) is 13.3 Å². The van der Waals surface area contributed by atoms with Crippen molar-refractivity contribution in [1.29, 1.82) is 0 Å². The van der Waals surface area contributed by atoms with E-state index in [4.69, 9.17) is 10.5 Å². The second-order valence-electron chi connectivity index (χ2n) is 3.77. The molecule has 2 N–H and O–H groups in total. The third-order valence-electron chi connectivity index (χ3n) is 2.26. The fourth-order valence-corrected chi connectivity index (χ4v) is 1.97. The fourth-order valence-electron chi connectivity index (χ4n) is 1.36. The molecule has 1 heterocycles. The van der Waals surface area contributed by atoms with Crippen molar-refractivity contribution in [1.82, 2.24) is 10.2 Å². The van der Waals surface area contributed by atoms with Crippen molar-refractivity contribution in [2.75, 3.05) is 12.3 Å². The average Bonchev–Trinajstić information content (AvgIpc) is 2.76. The van der Waals surface area contributed by atoms with Crippen molar-refractivity contribution in [3.63, 3.8) is 0 Å². The Morgan fingerprint density at radius 1 is 1.33 bits per heavy atom. The van der Waals surface area contributed by atoms with Crippen LogP contribution in [0.25, 0.3) is 10.6 Å². The van der Waals surface area contributed by atoms with Crippen LogP contribution in [0.3, 0.4) is 0 Å². The van der Waals surface area contributed by atoms with E-state index in [2.05, 4.69) is 10.2 Å². The lowest BCUT2D eigenvalue weighted by Gasteiger charge is -2.04. The highest BCUT2D eigenvalue weighted by atomic mass is 32.1. The van der Waals surface area contributed by atoms with Crippen molar-refractivity contribution >= 4 is 22.3 Å². The Kier molecular flexibility index (Phi) is 3.88. The number of benzene rings is 1. The summed E-state index contributed by atoms with van der Waals surface area (Å²) in [7, 11) is 0. The third kappa shape index (κ3) is 3.27. The van der Waals surface area contributed by atoms with Crippen LogP contribution in [0.5, 0.6) is 5.75 Å². The molecule has 0 bridgehead atoms. The molecule has 0 aliphatic carbocycles. The van der Waals surface area contributed by atoms with E-state index in [0.29, 0.717) is 18.2 Å². The lowest BCUT2D eigenvalue weighted by molar-refractivity contribution is -0.117. The molecule has 1 aromatic carbocycles. The van der Waals surface area contributed by atoms with Gasteiger partial charge in [0.1, 0.15) is 16.5 Å². The van der Waals surface area contributed by atoms with Crippen molar-refractivity contribution < 1.29 is 9.53 Å². The number of carbonyl (C=O) groups is 1. The Hall–Kier alpha value is -1.95. The van der Waals surface area contributed by atoms with E-state index in [-0.39, 0.29) is 5.78 Å². The number of ether oxygens (including phenoxy) is 1. The predicted octanol–water partition coefficient (Wildman–Crippen LogP) is 2.15. The number of nitrogen functional groups attached to an aromatic ring is 1. The monoisotopic (exact) mass is 263 g/mol. The minimum atomic E-state index is 0.121. The van der Waals surface area contributed by atoms with Crippen LogP contribution >= 0.6 is 11.3 Å². The zero-order valence-corrected chi connectivity index (χ0v) is 10.7. The van der Waals surface area contributed by atoms with Gasteiger partial charge in [-0.3, -0.25) is 4.79 Å². The van der Waals surface area contributed by atoms with Gasteiger partial charge in [0.15, 0.2) is 0 Å². The number of anilines is 1. The summed E-state index contributed by atoms with van der Waals surface area (Å²) < 4.78 is 5.43. The molecule has 1 aromatic heterocycles. The van der Waals surface area contributed by atoms with E-state index in [1.54, 1.807) is 6.92 Å². The fraction of sp³-hybridized carbons (Fsp3) is 0.250. The summed E-state index contributed by atoms with van der Waals surface area (Å²) in [6, 6.07) is 7.46. The zero-order chi connectivity index (χ0) is 13.0. The van der Waals surface area contributed by atoms with E-state index in [0.717, 1.165) is 16.3 Å². The van der Waals surface area contributed by atoms with Crippen molar-refractivity contribution in [3.8, 4) is 16.3 Å². The molecule has 0 saturated heterocycles. The second kappa shape index (κ2) is 5.59. The Labute approximate surface area is 109 Å². The van der Waals surface area contributed by atoms with Gasteiger partial charge in [0, 0.05) is 12.0 Å². The minimum absolute atomic E-state index is 0.121. The smallest absolute Gasteiger partial charge is 0.203 e. The molecule has 2 aromatic rings. The number of hydrogen-bond donors (Lipinski definition) is 1. The maximum absolute atomic E-state index is 10.8. The van der Waals surface area contributed by atoms with Crippen LogP contribution in [0.4, 0.5) is 5.13 Å². The van der Waals surface area contributed by atoms with Gasteiger partial charge in [0.2, 0.25) is 5.13 Å². The molecule has 18 heavy (non-hydrogen) atoms. The van der Waals surface area contributed by atoms with Gasteiger partial charge in [-0.05, 0) is 31.2 Å². The van der Waals surface area contributed by atoms with E-state index in [1.807, 2.05) is 24.3 Å². The van der Waals surface area contributed by atoms with Crippen LogP contribution in [-0.4, -0.2) is 22.6 Å². The van der Waals surface area contributed by atoms with E-state index in [9.17, 15) is 4.79 Å². The quantitative estimate of drug-likeness (QED) is 0.894. The van der Waals surface area contributed by atoms with Gasteiger partial charge in [0.05, 0.1) is 6.61 Å². The summed E-state index contributed by atoms with van der Waals surface area (Å²) in [6.45, 7) is 1.95. The van der Waals surface area contributed by atoms with Gasteiger partial charge in [-0.2, -0.15) is 0 Å². The van der Waals surface area contributed by atoms with E-state index < -0.39 is 0 Å². The SMILES string of the molecule is CC(=O)CCOc1ccc(-c2nnc(N)s2)cc1. The number of hydrogen-bond acceptors (Lipinski definition) is 6. The summed E-state index contributed by atoms with van der Waals surface area (Å²) in [5, 5.41) is 8.95. The van der Waals surface area contributed by atoms with Gasteiger partial charge in [-0.25, -0.2) is 0 Å². The predicted molar refractivity (Wildman–Crippen MR) is 70.6 cm³/mol. The first kappa shape index (κ1) is 12.5. The highest BCUT2D eigenvalue weighted by Gasteiger charge is 2.04. The molecule has 2 rings (SSSR count). The summed E-state index contributed by atoms with van der Waals surface area (Å²) in [5.74, 6) is 0.855. The van der Waals surface area contributed by atoms with Gasteiger partial charge in [-0.15, -0.1) is 10.2 Å². The molecule has 0 spiro atoms. The topological polar surface area (TPSA) is 78.1 Å². The minimum Gasteiger partial charge on any atom is -0.493 e. The molecule has 5 nitrogen and oxygen atoms in total. The van der Waals surface area contributed by atoms with Crippen LogP contribution in [0, 0.1) is 0 Å². The highest BCUT2D eigenvalue weighted by molar-refractivity contribution is 7.18.